The highest BCUT2D eigenvalue weighted by atomic mass is 32.1. The van der Waals surface area contributed by atoms with Gasteiger partial charge in [0.15, 0.2) is 10.8 Å². The van der Waals surface area contributed by atoms with Gasteiger partial charge in [0.1, 0.15) is 5.75 Å². The van der Waals surface area contributed by atoms with E-state index in [4.69, 9.17) is 4.98 Å². The van der Waals surface area contributed by atoms with Crippen LogP contribution >= 0.6 is 11.3 Å². The van der Waals surface area contributed by atoms with E-state index in [-0.39, 0.29) is 0 Å². The average molecular weight is 338 g/mol. The molecule has 3 heterocycles. The fourth-order valence-electron chi connectivity index (χ4n) is 3.19. The zero-order valence-electron chi connectivity index (χ0n) is 13.2. The van der Waals surface area contributed by atoms with Gasteiger partial charge >= 0.3 is 0 Å². The molecule has 0 radical (unpaired) electrons. The molecule has 122 valence electrons. The van der Waals surface area contributed by atoms with E-state index in [1.807, 2.05) is 18.2 Å². The zero-order chi connectivity index (χ0) is 16.4. The molecule has 1 fully saturated rings. The van der Waals surface area contributed by atoms with Crippen LogP contribution in [0.1, 0.15) is 30.1 Å². The second-order valence-corrected chi connectivity index (χ2v) is 6.79. The first-order chi connectivity index (χ1) is 11.8. The molecule has 24 heavy (non-hydrogen) atoms. The summed E-state index contributed by atoms with van der Waals surface area (Å²) < 4.78 is 0. The van der Waals surface area contributed by atoms with Crippen LogP contribution in [0.4, 0.5) is 0 Å². The van der Waals surface area contributed by atoms with Gasteiger partial charge in [-0.2, -0.15) is 0 Å². The molecule has 1 aliphatic heterocycles. The number of aromatic nitrogens is 3. The van der Waals surface area contributed by atoms with Crippen molar-refractivity contribution in [3.05, 3.63) is 59.4 Å². The summed E-state index contributed by atoms with van der Waals surface area (Å²) in [6, 6.07) is 9.76. The number of hydrogen-bond donors (Lipinski definition) is 1. The van der Waals surface area contributed by atoms with Crippen molar-refractivity contribution in [2.75, 3.05) is 6.54 Å². The van der Waals surface area contributed by atoms with Gasteiger partial charge in [0, 0.05) is 30.4 Å². The van der Waals surface area contributed by atoms with Crippen LogP contribution in [0.3, 0.4) is 0 Å². The smallest absolute Gasteiger partial charge is 0.188 e. The lowest BCUT2D eigenvalue weighted by molar-refractivity contribution is 0.246. The molecule has 1 aliphatic rings. The van der Waals surface area contributed by atoms with E-state index in [9.17, 15) is 5.11 Å². The molecule has 3 aromatic rings. The highest BCUT2D eigenvalue weighted by Gasteiger charge is 2.26. The molecule has 4 rings (SSSR count). The normalized spacial score (nSPS) is 18.1. The summed E-state index contributed by atoms with van der Waals surface area (Å²) in [5.74, 6) is 1.00. The molecule has 6 heteroatoms. The predicted octanol–water partition coefficient (Wildman–Crippen LogP) is 3.64. The summed E-state index contributed by atoms with van der Waals surface area (Å²) in [7, 11) is 0. The van der Waals surface area contributed by atoms with Crippen molar-refractivity contribution in [1.82, 2.24) is 19.9 Å². The van der Waals surface area contributed by atoms with E-state index in [0.29, 0.717) is 17.6 Å². The number of rotatable bonds is 4. The van der Waals surface area contributed by atoms with Gasteiger partial charge in [-0.15, -0.1) is 11.3 Å². The third-order valence-electron chi connectivity index (χ3n) is 4.32. The lowest BCUT2D eigenvalue weighted by Crippen LogP contribution is -2.22. The number of nitrogens with zero attached hydrogens (tertiary/aromatic N) is 4. The summed E-state index contributed by atoms with van der Waals surface area (Å²) in [5, 5.41) is 12.4. The molecular formula is C18H18N4OS. The van der Waals surface area contributed by atoms with Crippen LogP contribution in [0, 0.1) is 0 Å². The highest BCUT2D eigenvalue weighted by Crippen LogP contribution is 2.34. The van der Waals surface area contributed by atoms with Crippen LogP contribution in [-0.2, 0) is 6.54 Å². The monoisotopic (exact) mass is 338 g/mol. The first-order valence-corrected chi connectivity index (χ1v) is 8.92. The maximum atomic E-state index is 9.48. The van der Waals surface area contributed by atoms with Crippen LogP contribution in [0.25, 0.3) is 10.8 Å². The van der Waals surface area contributed by atoms with Crippen molar-refractivity contribution in [2.45, 2.75) is 25.4 Å². The van der Waals surface area contributed by atoms with Gasteiger partial charge in [0.05, 0.1) is 5.69 Å². The zero-order valence-corrected chi connectivity index (χ0v) is 14.0. The van der Waals surface area contributed by atoms with Crippen LogP contribution in [0.5, 0.6) is 5.75 Å². The van der Waals surface area contributed by atoms with E-state index < -0.39 is 0 Å². The van der Waals surface area contributed by atoms with Crippen LogP contribution in [0.2, 0.25) is 0 Å². The molecule has 1 atom stereocenters. The second kappa shape index (κ2) is 6.67. The number of hydrogen-bond acceptors (Lipinski definition) is 6. The lowest BCUT2D eigenvalue weighted by atomic mass is 10.0. The molecule has 0 aliphatic carbocycles. The lowest BCUT2D eigenvalue weighted by Gasteiger charge is -2.24. The molecule has 0 unspecified atom stereocenters. The van der Waals surface area contributed by atoms with Gasteiger partial charge in [-0.1, -0.05) is 12.1 Å². The molecule has 1 N–H and O–H groups in total. The minimum Gasteiger partial charge on any atom is -0.508 e. The Labute approximate surface area is 144 Å². The van der Waals surface area contributed by atoms with E-state index in [1.54, 1.807) is 35.9 Å². The average Bonchev–Trinajstić information content (AvgIpc) is 3.27. The Kier molecular flexibility index (Phi) is 4.23. The highest BCUT2D eigenvalue weighted by molar-refractivity contribution is 7.13. The van der Waals surface area contributed by atoms with Gasteiger partial charge in [-0.3, -0.25) is 4.90 Å². The number of phenols is 1. The standard InChI is InChI=1S/C18H18N4OS/c23-15-6-4-13(5-7-15)16-3-1-10-22(16)11-14-12-24-18(21-14)17-19-8-2-9-20-17/h2,4-9,12,16,23H,1,3,10-11H2/t16-/m1/s1. The molecule has 0 bridgehead atoms. The topological polar surface area (TPSA) is 62.1 Å². The number of phenolic OH excluding ortho intramolecular Hbond substituents is 1. The molecule has 2 aromatic heterocycles. The van der Waals surface area contributed by atoms with Crippen LogP contribution < -0.4 is 0 Å². The van der Waals surface area contributed by atoms with Crippen molar-refractivity contribution < 1.29 is 5.11 Å². The Morgan fingerprint density at radius 2 is 1.96 bits per heavy atom. The van der Waals surface area contributed by atoms with Crippen molar-refractivity contribution in [2.24, 2.45) is 0 Å². The summed E-state index contributed by atoms with van der Waals surface area (Å²) in [6.45, 7) is 1.90. The van der Waals surface area contributed by atoms with Gasteiger partial charge in [-0.05, 0) is 43.1 Å². The fraction of sp³-hybridized carbons (Fsp3) is 0.278. The van der Waals surface area contributed by atoms with E-state index in [2.05, 4.69) is 20.2 Å². The minimum atomic E-state index is 0.315. The molecule has 0 spiro atoms. The fourth-order valence-corrected chi connectivity index (χ4v) is 3.94. The molecule has 5 nitrogen and oxygen atoms in total. The number of likely N-dealkylation sites (tertiary alicyclic amines) is 1. The maximum absolute atomic E-state index is 9.48. The minimum absolute atomic E-state index is 0.315. The number of aromatic hydroxyl groups is 1. The Hall–Kier alpha value is -2.31. The third kappa shape index (κ3) is 3.16. The second-order valence-electron chi connectivity index (χ2n) is 5.94. The van der Waals surface area contributed by atoms with Crippen LogP contribution in [-0.4, -0.2) is 31.5 Å². The van der Waals surface area contributed by atoms with E-state index in [0.717, 1.165) is 30.2 Å². The third-order valence-corrected chi connectivity index (χ3v) is 5.20. The Bertz CT molecular complexity index is 803. The SMILES string of the molecule is Oc1ccc([C@H]2CCCN2Cc2csc(-c3ncccn3)n2)cc1. The Morgan fingerprint density at radius 3 is 2.75 bits per heavy atom. The Balaban J connectivity index is 1.50. The van der Waals surface area contributed by atoms with Gasteiger partial charge in [-0.25, -0.2) is 15.0 Å². The van der Waals surface area contributed by atoms with Crippen molar-refractivity contribution >= 4 is 11.3 Å². The summed E-state index contributed by atoms with van der Waals surface area (Å²) in [5.41, 5.74) is 2.32. The number of thiazole rings is 1. The molecule has 1 saturated heterocycles. The van der Waals surface area contributed by atoms with E-state index in [1.165, 1.54) is 12.0 Å². The summed E-state index contributed by atoms with van der Waals surface area (Å²) in [4.78, 5) is 15.7. The van der Waals surface area contributed by atoms with Gasteiger partial charge < -0.3 is 5.11 Å². The molecule has 1 aromatic carbocycles. The largest absolute Gasteiger partial charge is 0.508 e. The van der Waals surface area contributed by atoms with E-state index >= 15 is 0 Å². The summed E-state index contributed by atoms with van der Waals surface area (Å²) >= 11 is 1.59. The van der Waals surface area contributed by atoms with Gasteiger partial charge in [0.25, 0.3) is 0 Å². The van der Waals surface area contributed by atoms with Crippen molar-refractivity contribution in [1.29, 1.82) is 0 Å². The van der Waals surface area contributed by atoms with Gasteiger partial charge in [0.2, 0.25) is 0 Å². The molecule has 0 saturated carbocycles. The first kappa shape index (κ1) is 15.2. The first-order valence-electron chi connectivity index (χ1n) is 8.04. The molecular weight excluding hydrogens is 320 g/mol. The molecule has 0 amide bonds. The summed E-state index contributed by atoms with van der Waals surface area (Å²) in [6.07, 6.45) is 5.81. The number of benzene rings is 1. The van der Waals surface area contributed by atoms with Crippen LogP contribution in [0.15, 0.2) is 48.1 Å². The predicted molar refractivity (Wildman–Crippen MR) is 93.6 cm³/mol. The maximum Gasteiger partial charge on any atom is 0.188 e. The quantitative estimate of drug-likeness (QED) is 0.787. The van der Waals surface area contributed by atoms with Crippen molar-refractivity contribution in [3.8, 4) is 16.6 Å². The van der Waals surface area contributed by atoms with Crippen molar-refractivity contribution in [3.63, 3.8) is 0 Å². The Morgan fingerprint density at radius 1 is 1.17 bits per heavy atom.